The Kier molecular flexibility index (Phi) is 3.05. The monoisotopic (exact) mass is 244 g/mol. The molecule has 3 N–H and O–H groups in total. The Morgan fingerprint density at radius 1 is 1.62 bits per heavy atom. The average Bonchev–Trinajstić information content (AvgIpc) is 2.12. The molecule has 2 aliphatic rings. The highest BCUT2D eigenvalue weighted by atomic mass is 35.5. The molecule has 0 spiro atoms. The van der Waals surface area contributed by atoms with Crippen molar-refractivity contribution in [2.75, 3.05) is 0 Å². The highest BCUT2D eigenvalue weighted by Crippen LogP contribution is 2.31. The van der Waals surface area contributed by atoms with Gasteiger partial charge in [-0.2, -0.15) is 0 Å². The zero-order chi connectivity index (χ0) is 11.7. The number of aliphatic carboxylic acids is 1. The Labute approximate surface area is 97.9 Å². The van der Waals surface area contributed by atoms with Crippen LogP contribution in [-0.2, 0) is 9.53 Å². The van der Waals surface area contributed by atoms with Crippen molar-refractivity contribution in [2.24, 2.45) is 16.6 Å². The maximum Gasteiger partial charge on any atom is 0.306 e. The molecule has 2 rings (SSSR count). The van der Waals surface area contributed by atoms with Gasteiger partial charge in [0.05, 0.1) is 5.92 Å². The molecular formula is C10H13ClN2O3. The zero-order valence-corrected chi connectivity index (χ0v) is 9.35. The lowest BCUT2D eigenvalue weighted by Gasteiger charge is -2.33. The summed E-state index contributed by atoms with van der Waals surface area (Å²) in [7, 11) is 0. The van der Waals surface area contributed by atoms with Gasteiger partial charge in [0.25, 0.3) is 0 Å². The maximum absolute atomic E-state index is 10.6. The smallest absolute Gasteiger partial charge is 0.306 e. The molecule has 0 radical (unpaired) electrons. The Balaban J connectivity index is 1.85. The number of aliphatic imine (C=N–C) groups is 1. The fourth-order valence-electron chi connectivity index (χ4n) is 1.71. The Morgan fingerprint density at radius 3 is 2.88 bits per heavy atom. The molecule has 5 nitrogen and oxygen atoms in total. The number of carboxylic acids is 1. The van der Waals surface area contributed by atoms with Crippen molar-refractivity contribution in [1.29, 1.82) is 0 Å². The molecule has 0 aromatic carbocycles. The van der Waals surface area contributed by atoms with Crippen molar-refractivity contribution in [3.63, 3.8) is 0 Å². The van der Waals surface area contributed by atoms with E-state index in [0.717, 1.165) is 0 Å². The number of carbonyl (C=O) groups is 1. The van der Waals surface area contributed by atoms with Gasteiger partial charge in [0.1, 0.15) is 11.5 Å². The highest BCUT2D eigenvalue weighted by molar-refractivity contribution is 6.31. The van der Waals surface area contributed by atoms with E-state index in [1.165, 1.54) is 6.20 Å². The first kappa shape index (κ1) is 11.3. The molecule has 0 aromatic heterocycles. The number of alkyl halides is 1. The molecule has 1 heterocycles. The number of allylic oxidation sites excluding steroid dienone is 1. The fraction of sp³-hybridized carbons (Fsp3) is 0.600. The number of hydrogen-bond donors (Lipinski definition) is 2. The predicted octanol–water partition coefficient (Wildman–Crippen LogP) is 1.08. The van der Waals surface area contributed by atoms with Gasteiger partial charge in [-0.05, 0) is 12.8 Å². The Morgan fingerprint density at radius 2 is 2.31 bits per heavy atom. The van der Waals surface area contributed by atoms with Crippen molar-refractivity contribution < 1.29 is 14.6 Å². The summed E-state index contributed by atoms with van der Waals surface area (Å²) in [6, 6.07) is 0. The van der Waals surface area contributed by atoms with Crippen molar-refractivity contribution >= 4 is 23.5 Å². The molecule has 0 amide bonds. The summed E-state index contributed by atoms with van der Waals surface area (Å²) in [5.41, 5.74) is 6.19. The quantitative estimate of drug-likeness (QED) is 0.712. The zero-order valence-electron chi connectivity index (χ0n) is 8.60. The summed E-state index contributed by atoms with van der Waals surface area (Å²) in [4.78, 5) is 14.6. The van der Waals surface area contributed by atoms with Crippen LogP contribution in [0.25, 0.3) is 0 Å². The molecule has 0 saturated heterocycles. The summed E-state index contributed by atoms with van der Waals surface area (Å²) in [6.45, 7) is 0. The minimum atomic E-state index is -0.767. The van der Waals surface area contributed by atoms with E-state index in [2.05, 4.69) is 4.99 Å². The fourth-order valence-corrected chi connectivity index (χ4v) is 2.00. The molecule has 1 aliphatic carbocycles. The molecule has 1 saturated carbocycles. The Bertz CT molecular complexity index is 361. The number of nitrogens with two attached hydrogens (primary N) is 1. The van der Waals surface area contributed by atoms with Gasteiger partial charge in [-0.3, -0.25) is 4.79 Å². The van der Waals surface area contributed by atoms with Crippen molar-refractivity contribution in [3.05, 3.63) is 11.9 Å². The number of rotatable bonds is 2. The largest absolute Gasteiger partial charge is 0.481 e. The third-order valence-electron chi connectivity index (χ3n) is 2.77. The highest BCUT2D eigenvalue weighted by Gasteiger charge is 2.37. The van der Waals surface area contributed by atoms with Gasteiger partial charge in [0.2, 0.25) is 5.90 Å². The van der Waals surface area contributed by atoms with Gasteiger partial charge in [0, 0.05) is 18.3 Å². The van der Waals surface area contributed by atoms with Crippen LogP contribution < -0.4 is 5.73 Å². The normalized spacial score (nSPS) is 33.4. The van der Waals surface area contributed by atoms with Gasteiger partial charge in [-0.15, -0.1) is 11.6 Å². The van der Waals surface area contributed by atoms with Gasteiger partial charge in [0.15, 0.2) is 0 Å². The molecule has 6 heteroatoms. The van der Waals surface area contributed by atoms with E-state index in [1.807, 2.05) is 0 Å². The van der Waals surface area contributed by atoms with Crippen molar-refractivity contribution in [1.82, 2.24) is 0 Å². The Hall–Kier alpha value is -1.23. The van der Waals surface area contributed by atoms with E-state index >= 15 is 0 Å². The summed E-state index contributed by atoms with van der Waals surface area (Å²) in [5, 5.41) is 8.37. The van der Waals surface area contributed by atoms with Crippen LogP contribution in [-0.4, -0.2) is 28.5 Å². The van der Waals surface area contributed by atoms with Crippen molar-refractivity contribution in [2.45, 2.75) is 30.7 Å². The van der Waals surface area contributed by atoms with Crippen LogP contribution in [0.4, 0.5) is 0 Å². The van der Waals surface area contributed by atoms with Gasteiger partial charge >= 0.3 is 5.97 Å². The minimum Gasteiger partial charge on any atom is -0.481 e. The lowest BCUT2D eigenvalue weighted by atomic mass is 9.82. The van der Waals surface area contributed by atoms with Gasteiger partial charge in [-0.1, -0.05) is 0 Å². The third-order valence-corrected chi connectivity index (χ3v) is 3.11. The molecule has 1 atom stereocenters. The van der Waals surface area contributed by atoms with Crippen LogP contribution in [0, 0.1) is 5.92 Å². The van der Waals surface area contributed by atoms with Gasteiger partial charge < -0.3 is 15.6 Å². The first-order chi connectivity index (χ1) is 7.56. The SMILES string of the molecule is NC1=CN=C(OC2CC(C(=O)O)C2)C(Cl)C1. The minimum absolute atomic E-state index is 0.0752. The molecule has 1 unspecified atom stereocenters. The average molecular weight is 245 g/mol. The molecule has 0 bridgehead atoms. The van der Waals surface area contributed by atoms with E-state index in [1.54, 1.807) is 0 Å². The number of nitrogens with zero attached hydrogens (tertiary/aromatic N) is 1. The number of halogens is 1. The lowest BCUT2D eigenvalue weighted by molar-refractivity contribution is -0.148. The van der Waals surface area contributed by atoms with E-state index in [-0.39, 0.29) is 17.4 Å². The number of ether oxygens (including phenoxy) is 1. The van der Waals surface area contributed by atoms with Crippen LogP contribution in [0.5, 0.6) is 0 Å². The van der Waals surface area contributed by atoms with E-state index in [4.69, 9.17) is 27.2 Å². The van der Waals surface area contributed by atoms with Crippen molar-refractivity contribution in [3.8, 4) is 0 Å². The molecule has 1 aliphatic heterocycles. The lowest BCUT2D eigenvalue weighted by Crippen LogP contribution is -2.39. The summed E-state index contributed by atoms with van der Waals surface area (Å²) < 4.78 is 5.52. The number of carboxylic acid groups (broad SMARTS) is 1. The van der Waals surface area contributed by atoms with E-state index in [9.17, 15) is 4.79 Å². The van der Waals surface area contributed by atoms with Crippen LogP contribution in [0.3, 0.4) is 0 Å². The second-order valence-corrected chi connectivity index (χ2v) is 4.62. The molecular weight excluding hydrogens is 232 g/mol. The van der Waals surface area contributed by atoms with Crippen LogP contribution in [0.15, 0.2) is 16.9 Å². The third kappa shape index (κ3) is 2.29. The second-order valence-electron chi connectivity index (χ2n) is 4.09. The summed E-state index contributed by atoms with van der Waals surface area (Å²) in [6.07, 6.45) is 3.03. The van der Waals surface area contributed by atoms with Crippen LogP contribution in [0.2, 0.25) is 0 Å². The second kappa shape index (κ2) is 4.33. The molecule has 88 valence electrons. The number of hydrogen-bond acceptors (Lipinski definition) is 4. The maximum atomic E-state index is 10.6. The van der Waals surface area contributed by atoms with E-state index < -0.39 is 5.97 Å². The summed E-state index contributed by atoms with van der Waals surface area (Å²) >= 11 is 6.01. The van der Waals surface area contributed by atoms with E-state index in [0.29, 0.717) is 30.9 Å². The standard InChI is InChI=1S/C10H13ClN2O3/c11-8-3-6(12)4-13-9(8)16-7-1-5(2-7)10(14)15/h4-5,7-8H,1-3,12H2,(H,14,15). The first-order valence-electron chi connectivity index (χ1n) is 5.12. The molecule has 0 aromatic rings. The molecule has 1 fully saturated rings. The topological polar surface area (TPSA) is 84.9 Å². The first-order valence-corrected chi connectivity index (χ1v) is 5.55. The van der Waals surface area contributed by atoms with Gasteiger partial charge in [-0.25, -0.2) is 4.99 Å². The summed E-state index contributed by atoms with van der Waals surface area (Å²) in [5.74, 6) is -0.606. The van der Waals surface area contributed by atoms with Crippen LogP contribution in [0.1, 0.15) is 19.3 Å². The predicted molar refractivity (Wildman–Crippen MR) is 59.2 cm³/mol. The molecule has 16 heavy (non-hydrogen) atoms. The van der Waals surface area contributed by atoms with Crippen LogP contribution >= 0.6 is 11.6 Å².